The first-order valence-electron chi connectivity index (χ1n) is 6.35. The van der Waals surface area contributed by atoms with Gasteiger partial charge in [-0.15, -0.1) is 16.4 Å². The lowest BCUT2D eigenvalue weighted by molar-refractivity contribution is 0.0552. The normalized spacial score (nSPS) is 19.0. The van der Waals surface area contributed by atoms with Gasteiger partial charge in [-0.3, -0.25) is 0 Å². The van der Waals surface area contributed by atoms with Crippen LogP contribution in [-0.2, 0) is 11.3 Å². The smallest absolute Gasteiger partial charge is 0.151 e. The van der Waals surface area contributed by atoms with Gasteiger partial charge in [-0.1, -0.05) is 0 Å². The van der Waals surface area contributed by atoms with Crippen molar-refractivity contribution in [3.63, 3.8) is 0 Å². The molecule has 1 saturated heterocycles. The van der Waals surface area contributed by atoms with Crippen LogP contribution in [0.15, 0.2) is 23.8 Å². The second-order valence-electron chi connectivity index (χ2n) is 4.68. The van der Waals surface area contributed by atoms with E-state index < -0.39 is 0 Å². The number of aryl methyl sites for hydroxylation is 1. The Balaban J connectivity index is 1.55. The van der Waals surface area contributed by atoms with Crippen molar-refractivity contribution in [3.05, 3.63) is 34.4 Å². The van der Waals surface area contributed by atoms with Crippen molar-refractivity contribution in [2.75, 3.05) is 18.0 Å². The summed E-state index contributed by atoms with van der Waals surface area (Å²) in [5.41, 5.74) is 1.14. The van der Waals surface area contributed by atoms with Crippen molar-refractivity contribution < 1.29 is 4.74 Å². The maximum absolute atomic E-state index is 5.89. The molecule has 1 unspecified atom stereocenters. The average Bonchev–Trinajstić information content (AvgIpc) is 3.08. The summed E-state index contributed by atoms with van der Waals surface area (Å²) < 4.78 is 5.89. The topological polar surface area (TPSA) is 51.1 Å². The van der Waals surface area contributed by atoms with Crippen LogP contribution in [-0.4, -0.2) is 34.4 Å². The number of hydrogen-bond acceptors (Lipinski definition) is 6. The zero-order valence-electron chi connectivity index (χ0n) is 10.8. The summed E-state index contributed by atoms with van der Waals surface area (Å²) in [4.78, 5) is 6.45. The molecule has 1 aliphatic rings. The second-order valence-corrected chi connectivity index (χ2v) is 5.66. The van der Waals surface area contributed by atoms with E-state index in [4.69, 9.17) is 4.74 Å². The molecule has 3 heterocycles. The third-order valence-corrected chi connectivity index (χ3v) is 3.93. The van der Waals surface area contributed by atoms with Crippen molar-refractivity contribution in [2.24, 2.45) is 0 Å². The van der Waals surface area contributed by atoms with Crippen LogP contribution in [0.2, 0.25) is 0 Å². The van der Waals surface area contributed by atoms with Gasteiger partial charge in [-0.2, -0.15) is 5.10 Å². The van der Waals surface area contributed by atoms with Gasteiger partial charge in [-0.25, -0.2) is 4.98 Å². The molecule has 0 bridgehead atoms. The Morgan fingerprint density at radius 3 is 3.26 bits per heavy atom. The molecule has 3 rings (SSSR count). The van der Waals surface area contributed by atoms with Gasteiger partial charge in [-0.05, 0) is 25.0 Å². The largest absolute Gasteiger partial charge is 0.369 e. The first kappa shape index (κ1) is 12.5. The summed E-state index contributed by atoms with van der Waals surface area (Å²) in [6.45, 7) is 4.49. The molecule has 0 N–H and O–H groups in total. The van der Waals surface area contributed by atoms with Crippen molar-refractivity contribution in [1.82, 2.24) is 15.2 Å². The molecule has 0 aromatic carbocycles. The molecule has 5 nitrogen and oxygen atoms in total. The lowest BCUT2D eigenvalue weighted by Gasteiger charge is -2.17. The third-order valence-electron chi connectivity index (χ3n) is 3.17. The molecular weight excluding hydrogens is 260 g/mol. The van der Waals surface area contributed by atoms with E-state index in [1.54, 1.807) is 17.5 Å². The molecular formula is C13H16N4OS. The lowest BCUT2D eigenvalue weighted by Crippen LogP contribution is -2.24. The van der Waals surface area contributed by atoms with Gasteiger partial charge < -0.3 is 9.64 Å². The Hall–Kier alpha value is -1.53. The molecule has 0 radical (unpaired) electrons. The zero-order valence-corrected chi connectivity index (χ0v) is 11.6. The molecule has 2 aromatic heterocycles. The Bertz CT molecular complexity index is 531. The summed E-state index contributed by atoms with van der Waals surface area (Å²) in [5, 5.41) is 11.2. The maximum Gasteiger partial charge on any atom is 0.151 e. The third kappa shape index (κ3) is 3.08. The van der Waals surface area contributed by atoms with Crippen LogP contribution in [0.25, 0.3) is 0 Å². The fourth-order valence-corrected chi connectivity index (χ4v) is 2.73. The van der Waals surface area contributed by atoms with Crippen LogP contribution in [0.3, 0.4) is 0 Å². The van der Waals surface area contributed by atoms with E-state index in [2.05, 4.69) is 26.1 Å². The van der Waals surface area contributed by atoms with E-state index in [-0.39, 0.29) is 6.10 Å². The molecule has 19 heavy (non-hydrogen) atoms. The van der Waals surface area contributed by atoms with Crippen molar-refractivity contribution in [3.8, 4) is 0 Å². The minimum absolute atomic E-state index is 0.256. The average molecular weight is 276 g/mol. The van der Waals surface area contributed by atoms with Gasteiger partial charge >= 0.3 is 0 Å². The van der Waals surface area contributed by atoms with Crippen LogP contribution in [0.4, 0.5) is 5.82 Å². The Morgan fingerprint density at radius 2 is 2.47 bits per heavy atom. The van der Waals surface area contributed by atoms with Crippen molar-refractivity contribution in [2.45, 2.75) is 26.1 Å². The Morgan fingerprint density at radius 1 is 1.53 bits per heavy atom. The first-order chi connectivity index (χ1) is 9.31. The molecule has 1 fully saturated rings. The van der Waals surface area contributed by atoms with E-state index in [0.717, 1.165) is 35.9 Å². The van der Waals surface area contributed by atoms with Crippen molar-refractivity contribution >= 4 is 17.2 Å². The highest BCUT2D eigenvalue weighted by molar-refractivity contribution is 7.09. The van der Waals surface area contributed by atoms with Crippen LogP contribution in [0, 0.1) is 6.92 Å². The number of ether oxygens (including phenoxy) is 1. The number of nitrogens with zero attached hydrogens (tertiary/aromatic N) is 4. The molecule has 6 heteroatoms. The van der Waals surface area contributed by atoms with Crippen LogP contribution in [0.5, 0.6) is 0 Å². The van der Waals surface area contributed by atoms with Gasteiger partial charge in [0.25, 0.3) is 0 Å². The van der Waals surface area contributed by atoms with E-state index in [1.807, 2.05) is 18.5 Å². The van der Waals surface area contributed by atoms with Crippen LogP contribution in [0.1, 0.15) is 17.0 Å². The SMILES string of the molecule is Cc1cnnc(N2CCC(OCc3nccs3)C2)c1. The van der Waals surface area contributed by atoms with E-state index >= 15 is 0 Å². The molecule has 0 aliphatic carbocycles. The van der Waals surface area contributed by atoms with Gasteiger partial charge in [0.2, 0.25) is 0 Å². The molecule has 0 saturated carbocycles. The number of anilines is 1. The fraction of sp³-hybridized carbons (Fsp3) is 0.462. The predicted molar refractivity (Wildman–Crippen MR) is 74.3 cm³/mol. The van der Waals surface area contributed by atoms with Gasteiger partial charge in [0, 0.05) is 24.7 Å². The molecule has 1 atom stereocenters. The van der Waals surface area contributed by atoms with Crippen molar-refractivity contribution in [1.29, 1.82) is 0 Å². The summed E-state index contributed by atoms with van der Waals surface area (Å²) in [6, 6.07) is 2.07. The number of aromatic nitrogens is 3. The first-order valence-corrected chi connectivity index (χ1v) is 7.23. The Labute approximate surface area is 116 Å². The fourth-order valence-electron chi connectivity index (χ4n) is 2.19. The van der Waals surface area contributed by atoms with E-state index in [1.165, 1.54) is 0 Å². The number of hydrogen-bond donors (Lipinski definition) is 0. The van der Waals surface area contributed by atoms with Gasteiger partial charge in [0.05, 0.1) is 18.9 Å². The quantitative estimate of drug-likeness (QED) is 0.855. The molecule has 100 valence electrons. The van der Waals surface area contributed by atoms with Crippen LogP contribution < -0.4 is 4.90 Å². The summed E-state index contributed by atoms with van der Waals surface area (Å²) in [6.07, 6.45) is 4.87. The molecule has 0 amide bonds. The second kappa shape index (κ2) is 5.63. The summed E-state index contributed by atoms with van der Waals surface area (Å²) in [7, 11) is 0. The minimum atomic E-state index is 0.256. The molecule has 2 aromatic rings. The zero-order chi connectivity index (χ0) is 13.1. The maximum atomic E-state index is 5.89. The lowest BCUT2D eigenvalue weighted by atomic mass is 10.3. The monoisotopic (exact) mass is 276 g/mol. The van der Waals surface area contributed by atoms with Gasteiger partial charge in [0.1, 0.15) is 5.01 Å². The number of thiazole rings is 1. The number of rotatable bonds is 4. The minimum Gasteiger partial charge on any atom is -0.369 e. The van der Waals surface area contributed by atoms with E-state index in [9.17, 15) is 0 Å². The molecule has 0 spiro atoms. The highest BCUT2D eigenvalue weighted by atomic mass is 32.1. The van der Waals surface area contributed by atoms with E-state index in [0.29, 0.717) is 6.61 Å². The predicted octanol–water partition coefficient (Wildman–Crippen LogP) is 2.04. The summed E-state index contributed by atoms with van der Waals surface area (Å²) in [5.74, 6) is 0.945. The highest BCUT2D eigenvalue weighted by Crippen LogP contribution is 2.21. The standard InChI is InChI=1S/C13H16N4OS/c1-10-6-12(16-15-7-10)17-4-2-11(8-17)18-9-13-14-3-5-19-13/h3,5-7,11H,2,4,8-9H2,1H3. The Kier molecular flexibility index (Phi) is 3.70. The summed E-state index contributed by atoms with van der Waals surface area (Å²) >= 11 is 1.63. The van der Waals surface area contributed by atoms with Gasteiger partial charge in [0.15, 0.2) is 5.82 Å². The highest BCUT2D eigenvalue weighted by Gasteiger charge is 2.24. The molecule has 1 aliphatic heterocycles. The van der Waals surface area contributed by atoms with Crippen LogP contribution >= 0.6 is 11.3 Å².